The van der Waals surface area contributed by atoms with Crippen molar-refractivity contribution in [2.24, 2.45) is 11.8 Å². The molecule has 0 fully saturated rings. The van der Waals surface area contributed by atoms with Crippen molar-refractivity contribution in [3.05, 3.63) is 12.2 Å². The van der Waals surface area contributed by atoms with Gasteiger partial charge in [-0.15, -0.1) is 0 Å². The second-order valence-corrected chi connectivity index (χ2v) is 3.54. The first-order valence-electron chi connectivity index (χ1n) is 4.48. The summed E-state index contributed by atoms with van der Waals surface area (Å²) in [6.07, 6.45) is 1.28. The van der Waals surface area contributed by atoms with Crippen LogP contribution in [-0.4, -0.2) is 22.8 Å². The Morgan fingerprint density at radius 3 is 2.31 bits per heavy atom. The normalized spacial score (nSPS) is 15.0. The van der Waals surface area contributed by atoms with Gasteiger partial charge in [0.1, 0.15) is 0 Å². The van der Waals surface area contributed by atoms with Crippen molar-refractivity contribution in [2.75, 3.05) is 6.61 Å². The van der Waals surface area contributed by atoms with Crippen LogP contribution in [0.3, 0.4) is 0 Å². The van der Waals surface area contributed by atoms with Crippen molar-refractivity contribution in [1.29, 1.82) is 0 Å². The molecule has 0 rings (SSSR count). The SMILES string of the molecule is C=C(C)[C@H](CO)CCC(C)C(=O)O. The van der Waals surface area contributed by atoms with Crippen LogP contribution in [0.25, 0.3) is 0 Å². The van der Waals surface area contributed by atoms with E-state index in [0.717, 1.165) is 5.57 Å². The second-order valence-electron chi connectivity index (χ2n) is 3.54. The Labute approximate surface area is 79.1 Å². The number of hydrogen-bond donors (Lipinski definition) is 2. The lowest BCUT2D eigenvalue weighted by Crippen LogP contribution is -2.14. The summed E-state index contributed by atoms with van der Waals surface area (Å²) in [5.41, 5.74) is 0.917. The minimum Gasteiger partial charge on any atom is -0.481 e. The maximum absolute atomic E-state index is 10.5. The number of carbonyl (C=O) groups is 1. The fourth-order valence-electron chi connectivity index (χ4n) is 1.07. The average Bonchev–Trinajstić information content (AvgIpc) is 2.04. The van der Waals surface area contributed by atoms with Gasteiger partial charge in [0.05, 0.1) is 5.92 Å². The first kappa shape index (κ1) is 12.2. The molecule has 0 saturated carbocycles. The van der Waals surface area contributed by atoms with Gasteiger partial charge in [0.25, 0.3) is 0 Å². The molecule has 0 spiro atoms. The van der Waals surface area contributed by atoms with Crippen molar-refractivity contribution in [3.63, 3.8) is 0 Å². The lowest BCUT2D eigenvalue weighted by atomic mass is 9.93. The highest BCUT2D eigenvalue weighted by atomic mass is 16.4. The van der Waals surface area contributed by atoms with Crippen LogP contribution < -0.4 is 0 Å². The van der Waals surface area contributed by atoms with E-state index in [1.165, 1.54) is 0 Å². The fraction of sp³-hybridized carbons (Fsp3) is 0.700. The van der Waals surface area contributed by atoms with E-state index in [2.05, 4.69) is 6.58 Å². The molecular formula is C10H18O3. The minimum absolute atomic E-state index is 0.0433. The molecule has 0 aliphatic heterocycles. The van der Waals surface area contributed by atoms with Crippen LogP contribution >= 0.6 is 0 Å². The summed E-state index contributed by atoms with van der Waals surface area (Å²) in [7, 11) is 0. The summed E-state index contributed by atoms with van der Waals surface area (Å²) in [5, 5.41) is 17.6. The smallest absolute Gasteiger partial charge is 0.306 e. The Morgan fingerprint density at radius 1 is 1.46 bits per heavy atom. The van der Waals surface area contributed by atoms with Gasteiger partial charge in [0, 0.05) is 12.5 Å². The Bertz CT molecular complexity index is 187. The van der Waals surface area contributed by atoms with Crippen LogP contribution in [0.2, 0.25) is 0 Å². The highest BCUT2D eigenvalue weighted by Gasteiger charge is 2.14. The molecule has 0 heterocycles. The Morgan fingerprint density at radius 2 is 2.00 bits per heavy atom. The lowest BCUT2D eigenvalue weighted by molar-refractivity contribution is -0.141. The lowest BCUT2D eigenvalue weighted by Gasteiger charge is -2.14. The summed E-state index contributed by atoms with van der Waals surface area (Å²) in [4.78, 5) is 10.5. The highest BCUT2D eigenvalue weighted by molar-refractivity contribution is 5.69. The Kier molecular flexibility index (Phi) is 5.39. The third kappa shape index (κ3) is 4.68. The summed E-state index contributed by atoms with van der Waals surface area (Å²) in [6.45, 7) is 7.33. The second kappa shape index (κ2) is 5.75. The molecule has 0 saturated heterocycles. The number of rotatable bonds is 6. The van der Waals surface area contributed by atoms with Gasteiger partial charge in [0.15, 0.2) is 0 Å². The maximum atomic E-state index is 10.5. The monoisotopic (exact) mass is 186 g/mol. The van der Waals surface area contributed by atoms with Crippen molar-refractivity contribution in [3.8, 4) is 0 Å². The number of carboxylic acid groups (broad SMARTS) is 1. The summed E-state index contributed by atoms with van der Waals surface area (Å²) >= 11 is 0. The van der Waals surface area contributed by atoms with Gasteiger partial charge in [-0.1, -0.05) is 19.1 Å². The topological polar surface area (TPSA) is 57.5 Å². The zero-order chi connectivity index (χ0) is 10.4. The molecule has 0 aromatic carbocycles. The summed E-state index contributed by atoms with van der Waals surface area (Å²) in [5.74, 6) is -1.08. The van der Waals surface area contributed by atoms with E-state index in [-0.39, 0.29) is 18.4 Å². The predicted molar refractivity (Wildman–Crippen MR) is 51.4 cm³/mol. The van der Waals surface area contributed by atoms with Gasteiger partial charge >= 0.3 is 5.97 Å². The van der Waals surface area contributed by atoms with Crippen molar-refractivity contribution >= 4 is 5.97 Å². The number of aliphatic hydroxyl groups excluding tert-OH is 1. The standard InChI is InChI=1S/C10H18O3/c1-7(2)9(6-11)5-4-8(3)10(12)13/h8-9,11H,1,4-6H2,2-3H3,(H,12,13)/t8?,9-/m0/s1. The molecule has 2 N–H and O–H groups in total. The first-order chi connectivity index (χ1) is 5.99. The van der Waals surface area contributed by atoms with E-state index in [0.29, 0.717) is 12.8 Å². The van der Waals surface area contributed by atoms with Crippen molar-refractivity contribution < 1.29 is 15.0 Å². The van der Waals surface area contributed by atoms with Gasteiger partial charge < -0.3 is 10.2 Å². The summed E-state index contributed by atoms with van der Waals surface area (Å²) in [6, 6.07) is 0. The maximum Gasteiger partial charge on any atom is 0.306 e. The molecule has 0 aromatic rings. The largest absolute Gasteiger partial charge is 0.481 e. The Balaban J connectivity index is 3.85. The highest BCUT2D eigenvalue weighted by Crippen LogP contribution is 2.18. The molecule has 13 heavy (non-hydrogen) atoms. The number of hydrogen-bond acceptors (Lipinski definition) is 2. The fourth-order valence-corrected chi connectivity index (χ4v) is 1.07. The average molecular weight is 186 g/mol. The van der Waals surface area contributed by atoms with Gasteiger partial charge in [-0.05, 0) is 19.8 Å². The van der Waals surface area contributed by atoms with E-state index in [4.69, 9.17) is 10.2 Å². The van der Waals surface area contributed by atoms with Crippen LogP contribution in [0, 0.1) is 11.8 Å². The molecule has 2 atom stereocenters. The van der Waals surface area contributed by atoms with Crippen LogP contribution in [0.1, 0.15) is 26.7 Å². The van der Waals surface area contributed by atoms with E-state index in [1.807, 2.05) is 6.92 Å². The molecule has 76 valence electrons. The van der Waals surface area contributed by atoms with Crippen molar-refractivity contribution in [2.45, 2.75) is 26.7 Å². The molecule has 0 radical (unpaired) electrons. The molecule has 3 heteroatoms. The number of carboxylic acids is 1. The molecule has 3 nitrogen and oxygen atoms in total. The van der Waals surface area contributed by atoms with Crippen LogP contribution in [-0.2, 0) is 4.79 Å². The van der Waals surface area contributed by atoms with Gasteiger partial charge in [-0.25, -0.2) is 0 Å². The molecule has 0 bridgehead atoms. The summed E-state index contributed by atoms with van der Waals surface area (Å²) < 4.78 is 0. The van der Waals surface area contributed by atoms with Gasteiger partial charge in [-0.2, -0.15) is 0 Å². The van der Waals surface area contributed by atoms with E-state index in [9.17, 15) is 4.79 Å². The molecule has 0 aliphatic rings. The molecular weight excluding hydrogens is 168 g/mol. The number of aliphatic hydroxyl groups is 1. The molecule has 0 amide bonds. The quantitative estimate of drug-likeness (QED) is 0.620. The van der Waals surface area contributed by atoms with Gasteiger partial charge in [0.2, 0.25) is 0 Å². The van der Waals surface area contributed by atoms with Crippen molar-refractivity contribution in [1.82, 2.24) is 0 Å². The van der Waals surface area contributed by atoms with Crippen LogP contribution in [0.5, 0.6) is 0 Å². The minimum atomic E-state index is -0.779. The van der Waals surface area contributed by atoms with E-state index in [1.54, 1.807) is 6.92 Å². The van der Waals surface area contributed by atoms with E-state index >= 15 is 0 Å². The first-order valence-corrected chi connectivity index (χ1v) is 4.48. The molecule has 1 unspecified atom stereocenters. The van der Waals surface area contributed by atoms with Crippen LogP contribution in [0.15, 0.2) is 12.2 Å². The zero-order valence-corrected chi connectivity index (χ0v) is 8.29. The van der Waals surface area contributed by atoms with Crippen LogP contribution in [0.4, 0.5) is 0 Å². The third-order valence-corrected chi connectivity index (χ3v) is 2.29. The zero-order valence-electron chi connectivity index (χ0n) is 8.29. The van der Waals surface area contributed by atoms with E-state index < -0.39 is 5.97 Å². The van der Waals surface area contributed by atoms with Gasteiger partial charge in [-0.3, -0.25) is 4.79 Å². The Hall–Kier alpha value is -0.830. The third-order valence-electron chi connectivity index (χ3n) is 2.29. The molecule has 0 aliphatic carbocycles. The number of aliphatic carboxylic acids is 1. The molecule has 0 aromatic heterocycles. The predicted octanol–water partition coefficient (Wildman–Crippen LogP) is 1.67.